The van der Waals surface area contributed by atoms with Crippen LogP contribution in [0.25, 0.3) is 0 Å². The van der Waals surface area contributed by atoms with Crippen molar-refractivity contribution in [3.63, 3.8) is 0 Å². The lowest BCUT2D eigenvalue weighted by Crippen LogP contribution is -2.49. The Hall–Kier alpha value is -1.85. The number of hydrogen-bond acceptors (Lipinski definition) is 5. The Labute approximate surface area is 125 Å². The van der Waals surface area contributed by atoms with Crippen LogP contribution in [0.4, 0.5) is 5.95 Å². The molecular weight excluding hydrogens is 268 g/mol. The molecule has 0 N–H and O–H groups in total. The minimum absolute atomic E-state index is 0.302. The largest absolute Gasteiger partial charge is 0.478 e. The number of hydrogen-bond donors (Lipinski definition) is 0. The van der Waals surface area contributed by atoms with Crippen molar-refractivity contribution in [1.82, 2.24) is 14.9 Å². The van der Waals surface area contributed by atoms with Gasteiger partial charge in [0.1, 0.15) is 0 Å². The second-order valence-corrected chi connectivity index (χ2v) is 5.67. The van der Waals surface area contributed by atoms with Crippen LogP contribution in [0, 0.1) is 12.8 Å². The summed E-state index contributed by atoms with van der Waals surface area (Å²) in [5.41, 5.74) is 0.903. The molecule has 3 rings (SSSR count). The molecule has 0 bridgehead atoms. The fourth-order valence-corrected chi connectivity index (χ4v) is 2.60. The third-order valence-corrected chi connectivity index (χ3v) is 3.91. The van der Waals surface area contributed by atoms with Gasteiger partial charge >= 0.3 is 0 Å². The number of nitrogens with zero attached hydrogens (tertiary/aromatic N) is 4. The predicted molar refractivity (Wildman–Crippen MR) is 79.5 cm³/mol. The van der Waals surface area contributed by atoms with Crippen molar-refractivity contribution in [3.05, 3.63) is 11.8 Å². The second-order valence-electron chi connectivity index (χ2n) is 5.67. The van der Waals surface area contributed by atoms with Crippen LogP contribution in [0.1, 0.15) is 25.5 Å². The molecule has 1 saturated carbocycles. The fourth-order valence-electron chi connectivity index (χ4n) is 2.60. The zero-order valence-electron chi connectivity index (χ0n) is 12.7. The summed E-state index contributed by atoms with van der Waals surface area (Å²) >= 11 is 0. The van der Waals surface area contributed by atoms with Gasteiger partial charge in [0.2, 0.25) is 17.7 Å². The molecule has 21 heavy (non-hydrogen) atoms. The van der Waals surface area contributed by atoms with Gasteiger partial charge in [-0.3, -0.25) is 4.79 Å². The molecule has 1 aromatic rings. The van der Waals surface area contributed by atoms with Crippen molar-refractivity contribution >= 4 is 11.9 Å². The lowest BCUT2D eigenvalue weighted by molar-refractivity contribution is -0.132. The first-order valence-electron chi connectivity index (χ1n) is 7.69. The van der Waals surface area contributed by atoms with Gasteiger partial charge in [-0.25, -0.2) is 4.98 Å². The summed E-state index contributed by atoms with van der Waals surface area (Å²) in [5.74, 6) is 1.96. The molecule has 1 aliphatic carbocycles. The number of piperazine rings is 1. The fraction of sp³-hybridized carbons (Fsp3) is 0.667. The quantitative estimate of drug-likeness (QED) is 0.835. The van der Waals surface area contributed by atoms with E-state index in [0.29, 0.717) is 30.3 Å². The van der Waals surface area contributed by atoms with Crippen LogP contribution in [0.5, 0.6) is 5.88 Å². The second kappa shape index (κ2) is 5.87. The molecule has 0 spiro atoms. The molecule has 0 unspecified atom stereocenters. The first-order valence-corrected chi connectivity index (χ1v) is 7.69. The summed E-state index contributed by atoms with van der Waals surface area (Å²) in [6.07, 6.45) is 2.13. The first-order chi connectivity index (χ1) is 10.2. The Kier molecular flexibility index (Phi) is 3.94. The number of aryl methyl sites for hydroxylation is 1. The van der Waals surface area contributed by atoms with E-state index in [1.54, 1.807) is 0 Å². The highest BCUT2D eigenvalue weighted by molar-refractivity contribution is 5.81. The van der Waals surface area contributed by atoms with E-state index < -0.39 is 0 Å². The van der Waals surface area contributed by atoms with Crippen molar-refractivity contribution < 1.29 is 9.53 Å². The zero-order chi connectivity index (χ0) is 14.8. The minimum Gasteiger partial charge on any atom is -0.478 e. The molecule has 0 radical (unpaired) electrons. The van der Waals surface area contributed by atoms with E-state index in [-0.39, 0.29) is 0 Å². The van der Waals surface area contributed by atoms with Gasteiger partial charge in [-0.15, -0.1) is 0 Å². The third kappa shape index (κ3) is 3.25. The molecule has 0 aromatic carbocycles. The SMILES string of the molecule is CCOc1cc(C)nc(N2CCN(C(=O)C3CC3)CC2)n1. The average Bonchev–Trinajstić information content (AvgIpc) is 3.31. The first kappa shape index (κ1) is 14.1. The molecule has 1 amide bonds. The number of aromatic nitrogens is 2. The monoisotopic (exact) mass is 290 g/mol. The highest BCUT2D eigenvalue weighted by Gasteiger charge is 2.34. The Bertz CT molecular complexity index is 522. The molecule has 114 valence electrons. The number of anilines is 1. The molecule has 2 fully saturated rings. The molecule has 1 saturated heterocycles. The van der Waals surface area contributed by atoms with Crippen molar-refractivity contribution in [2.45, 2.75) is 26.7 Å². The van der Waals surface area contributed by atoms with Crippen LogP contribution in [0.3, 0.4) is 0 Å². The summed E-state index contributed by atoms with van der Waals surface area (Å²) < 4.78 is 5.47. The maximum absolute atomic E-state index is 12.1. The average molecular weight is 290 g/mol. The molecule has 1 aliphatic heterocycles. The molecule has 2 aliphatic rings. The lowest BCUT2D eigenvalue weighted by atomic mass is 10.2. The van der Waals surface area contributed by atoms with E-state index in [0.717, 1.165) is 44.7 Å². The molecule has 0 atom stereocenters. The zero-order valence-corrected chi connectivity index (χ0v) is 12.7. The minimum atomic E-state index is 0.302. The summed E-state index contributed by atoms with van der Waals surface area (Å²) in [6.45, 7) is 7.58. The van der Waals surface area contributed by atoms with Crippen LogP contribution in [0.2, 0.25) is 0 Å². The summed E-state index contributed by atoms with van der Waals surface area (Å²) in [6, 6.07) is 1.85. The highest BCUT2D eigenvalue weighted by Crippen LogP contribution is 2.31. The van der Waals surface area contributed by atoms with E-state index in [2.05, 4.69) is 14.9 Å². The van der Waals surface area contributed by atoms with E-state index in [4.69, 9.17) is 4.74 Å². The Morgan fingerprint density at radius 3 is 2.62 bits per heavy atom. The van der Waals surface area contributed by atoms with Crippen LogP contribution in [-0.4, -0.2) is 53.6 Å². The van der Waals surface area contributed by atoms with Crippen LogP contribution in [0.15, 0.2) is 6.07 Å². The van der Waals surface area contributed by atoms with Gasteiger partial charge in [0.25, 0.3) is 0 Å². The number of ether oxygens (including phenoxy) is 1. The Balaban J connectivity index is 1.64. The van der Waals surface area contributed by atoms with Gasteiger partial charge < -0.3 is 14.5 Å². The van der Waals surface area contributed by atoms with E-state index in [1.807, 2.05) is 24.8 Å². The van der Waals surface area contributed by atoms with E-state index in [1.165, 1.54) is 0 Å². The van der Waals surface area contributed by atoms with Crippen molar-refractivity contribution in [2.24, 2.45) is 5.92 Å². The smallest absolute Gasteiger partial charge is 0.228 e. The van der Waals surface area contributed by atoms with Gasteiger partial charge in [-0.05, 0) is 26.7 Å². The van der Waals surface area contributed by atoms with Crippen molar-refractivity contribution in [2.75, 3.05) is 37.7 Å². The molecular formula is C15H22N4O2. The molecule has 6 heteroatoms. The predicted octanol–water partition coefficient (Wildman–Crippen LogP) is 1.24. The Morgan fingerprint density at radius 2 is 2.00 bits per heavy atom. The van der Waals surface area contributed by atoms with Crippen molar-refractivity contribution in [3.8, 4) is 5.88 Å². The van der Waals surface area contributed by atoms with E-state index in [9.17, 15) is 4.79 Å². The summed E-state index contributed by atoms with van der Waals surface area (Å²) in [7, 11) is 0. The number of carbonyl (C=O) groups is 1. The van der Waals surface area contributed by atoms with Gasteiger partial charge in [0.15, 0.2) is 0 Å². The number of amides is 1. The van der Waals surface area contributed by atoms with Gasteiger partial charge in [0.05, 0.1) is 6.61 Å². The Morgan fingerprint density at radius 1 is 1.29 bits per heavy atom. The molecule has 2 heterocycles. The standard InChI is InChI=1S/C15H22N4O2/c1-3-21-13-10-11(2)16-15(17-13)19-8-6-18(7-9-19)14(20)12-4-5-12/h10,12H,3-9H2,1-2H3. The van der Waals surface area contributed by atoms with Crippen molar-refractivity contribution in [1.29, 1.82) is 0 Å². The van der Waals surface area contributed by atoms with Crippen LogP contribution >= 0.6 is 0 Å². The van der Waals surface area contributed by atoms with Gasteiger partial charge in [-0.2, -0.15) is 4.98 Å². The van der Waals surface area contributed by atoms with Gasteiger partial charge in [0, 0.05) is 43.9 Å². The summed E-state index contributed by atoms with van der Waals surface area (Å²) in [5, 5.41) is 0. The highest BCUT2D eigenvalue weighted by atomic mass is 16.5. The van der Waals surface area contributed by atoms with Crippen LogP contribution in [-0.2, 0) is 4.79 Å². The number of carbonyl (C=O) groups excluding carboxylic acids is 1. The third-order valence-electron chi connectivity index (χ3n) is 3.91. The van der Waals surface area contributed by atoms with E-state index >= 15 is 0 Å². The summed E-state index contributed by atoms with van der Waals surface area (Å²) in [4.78, 5) is 25.1. The topological polar surface area (TPSA) is 58.6 Å². The number of rotatable bonds is 4. The lowest BCUT2D eigenvalue weighted by Gasteiger charge is -2.35. The van der Waals surface area contributed by atoms with Crippen LogP contribution < -0.4 is 9.64 Å². The maximum Gasteiger partial charge on any atom is 0.228 e. The normalized spacial score (nSPS) is 18.8. The maximum atomic E-state index is 12.1. The van der Waals surface area contributed by atoms with Gasteiger partial charge in [-0.1, -0.05) is 0 Å². The molecule has 1 aromatic heterocycles. The molecule has 6 nitrogen and oxygen atoms in total.